The van der Waals surface area contributed by atoms with Crippen LogP contribution in [0.5, 0.6) is 0 Å². The monoisotopic (exact) mass is 323 g/mol. The highest BCUT2D eigenvalue weighted by atomic mass is 16.4. The summed E-state index contributed by atoms with van der Waals surface area (Å²) in [6, 6.07) is 17.5. The maximum Gasteiger partial charge on any atom is 0.307 e. The average molecular weight is 323 g/mol. The van der Waals surface area contributed by atoms with Crippen molar-refractivity contribution in [3.63, 3.8) is 0 Å². The third-order valence-corrected chi connectivity index (χ3v) is 4.61. The summed E-state index contributed by atoms with van der Waals surface area (Å²) in [7, 11) is 0. The number of amides is 1. The lowest BCUT2D eigenvalue weighted by molar-refractivity contribution is -0.136. The molecule has 0 saturated heterocycles. The first-order chi connectivity index (χ1) is 11.6. The number of benzene rings is 2. The van der Waals surface area contributed by atoms with Crippen molar-refractivity contribution >= 4 is 17.6 Å². The number of carboxylic acid groups (broad SMARTS) is 1. The predicted molar refractivity (Wildman–Crippen MR) is 92.9 cm³/mol. The van der Waals surface area contributed by atoms with E-state index in [1.54, 1.807) is 24.3 Å². The van der Waals surface area contributed by atoms with Gasteiger partial charge in [-0.15, -0.1) is 0 Å². The molecule has 0 radical (unpaired) electrons. The van der Waals surface area contributed by atoms with Crippen LogP contribution < -0.4 is 5.32 Å². The second-order valence-electron chi connectivity index (χ2n) is 6.42. The van der Waals surface area contributed by atoms with Crippen LogP contribution in [-0.4, -0.2) is 17.0 Å². The Balaban J connectivity index is 1.52. The Bertz CT molecular complexity index is 721. The molecule has 1 saturated carbocycles. The summed E-state index contributed by atoms with van der Waals surface area (Å²) >= 11 is 0. The number of para-hydroxylation sites is 1. The molecule has 0 atom stereocenters. The first kappa shape index (κ1) is 16.2. The van der Waals surface area contributed by atoms with Gasteiger partial charge in [0.15, 0.2) is 0 Å². The second-order valence-corrected chi connectivity index (χ2v) is 6.42. The number of hydrogen-bond acceptors (Lipinski definition) is 2. The van der Waals surface area contributed by atoms with Crippen molar-refractivity contribution in [1.29, 1.82) is 0 Å². The molecule has 2 aromatic rings. The van der Waals surface area contributed by atoms with Crippen molar-refractivity contribution in [2.24, 2.45) is 5.92 Å². The zero-order chi connectivity index (χ0) is 16.9. The van der Waals surface area contributed by atoms with Gasteiger partial charge >= 0.3 is 5.97 Å². The largest absolute Gasteiger partial charge is 0.481 e. The third-order valence-electron chi connectivity index (χ3n) is 4.61. The van der Waals surface area contributed by atoms with Crippen molar-refractivity contribution in [3.8, 4) is 0 Å². The normalized spacial score (nSPS) is 19.3. The molecule has 0 aliphatic heterocycles. The van der Waals surface area contributed by atoms with E-state index < -0.39 is 5.97 Å². The fourth-order valence-electron chi connectivity index (χ4n) is 3.32. The Morgan fingerprint density at radius 3 is 2.38 bits per heavy atom. The number of nitrogens with one attached hydrogen (secondary N) is 1. The van der Waals surface area contributed by atoms with Crippen LogP contribution >= 0.6 is 0 Å². The lowest BCUT2D eigenvalue weighted by Gasteiger charge is -2.35. The molecule has 1 fully saturated rings. The molecule has 0 aromatic heterocycles. The number of anilines is 1. The number of carbonyl (C=O) groups is 2. The SMILES string of the molecule is O=C(O)Cc1ccccc1NC(=O)CC1CC(c2ccccc2)C1. The van der Waals surface area contributed by atoms with Crippen LogP contribution in [-0.2, 0) is 16.0 Å². The maximum atomic E-state index is 12.2. The van der Waals surface area contributed by atoms with Gasteiger partial charge in [0.25, 0.3) is 0 Å². The number of carboxylic acids is 1. The summed E-state index contributed by atoms with van der Waals surface area (Å²) in [5.74, 6) is 0.0240. The van der Waals surface area contributed by atoms with E-state index in [1.165, 1.54) is 5.56 Å². The molecule has 1 aliphatic rings. The first-order valence-electron chi connectivity index (χ1n) is 8.26. The lowest BCUT2D eigenvalue weighted by Crippen LogP contribution is -2.27. The van der Waals surface area contributed by atoms with Crippen molar-refractivity contribution in [1.82, 2.24) is 0 Å². The van der Waals surface area contributed by atoms with Crippen LogP contribution in [0.1, 0.15) is 36.3 Å². The lowest BCUT2D eigenvalue weighted by atomic mass is 9.70. The smallest absolute Gasteiger partial charge is 0.307 e. The molecule has 0 spiro atoms. The number of rotatable bonds is 6. The summed E-state index contributed by atoms with van der Waals surface area (Å²) in [6.45, 7) is 0. The molecule has 0 bridgehead atoms. The molecule has 24 heavy (non-hydrogen) atoms. The molecule has 0 heterocycles. The number of hydrogen-bond donors (Lipinski definition) is 2. The Morgan fingerprint density at radius 2 is 1.67 bits per heavy atom. The van der Waals surface area contributed by atoms with Crippen LogP contribution in [0.4, 0.5) is 5.69 Å². The molecule has 124 valence electrons. The van der Waals surface area contributed by atoms with Gasteiger partial charge < -0.3 is 10.4 Å². The van der Waals surface area contributed by atoms with Gasteiger partial charge in [-0.25, -0.2) is 0 Å². The van der Waals surface area contributed by atoms with Crippen molar-refractivity contribution in [3.05, 3.63) is 65.7 Å². The first-order valence-corrected chi connectivity index (χ1v) is 8.26. The average Bonchev–Trinajstić information content (AvgIpc) is 2.53. The molecule has 2 aromatic carbocycles. The fraction of sp³-hybridized carbons (Fsp3) is 0.300. The topological polar surface area (TPSA) is 66.4 Å². The van der Waals surface area contributed by atoms with Gasteiger partial charge in [0, 0.05) is 12.1 Å². The zero-order valence-electron chi connectivity index (χ0n) is 13.4. The van der Waals surface area contributed by atoms with E-state index >= 15 is 0 Å². The van der Waals surface area contributed by atoms with Gasteiger partial charge in [-0.1, -0.05) is 48.5 Å². The zero-order valence-corrected chi connectivity index (χ0v) is 13.4. The van der Waals surface area contributed by atoms with Gasteiger partial charge in [-0.3, -0.25) is 9.59 Å². The maximum absolute atomic E-state index is 12.2. The molecule has 1 amide bonds. The predicted octanol–water partition coefficient (Wildman–Crippen LogP) is 3.84. The molecule has 0 unspecified atom stereocenters. The minimum absolute atomic E-state index is 0.0376. The molecule has 4 nitrogen and oxygen atoms in total. The molecular formula is C20H21NO3. The highest BCUT2D eigenvalue weighted by Crippen LogP contribution is 2.43. The van der Waals surface area contributed by atoms with E-state index in [2.05, 4.69) is 29.6 Å². The Kier molecular flexibility index (Phi) is 4.94. The highest BCUT2D eigenvalue weighted by molar-refractivity contribution is 5.92. The number of aliphatic carboxylic acids is 1. The van der Waals surface area contributed by atoms with E-state index in [1.807, 2.05) is 6.07 Å². The van der Waals surface area contributed by atoms with Gasteiger partial charge in [0.1, 0.15) is 0 Å². The molecule has 2 N–H and O–H groups in total. The van der Waals surface area contributed by atoms with Crippen molar-refractivity contribution in [2.45, 2.75) is 31.6 Å². The van der Waals surface area contributed by atoms with E-state index in [4.69, 9.17) is 5.11 Å². The summed E-state index contributed by atoms with van der Waals surface area (Å²) in [5, 5.41) is 11.8. The summed E-state index contributed by atoms with van der Waals surface area (Å²) in [5.41, 5.74) is 2.58. The van der Waals surface area contributed by atoms with Crippen molar-refractivity contribution in [2.75, 3.05) is 5.32 Å². The van der Waals surface area contributed by atoms with Crippen molar-refractivity contribution < 1.29 is 14.7 Å². The van der Waals surface area contributed by atoms with Crippen LogP contribution in [0, 0.1) is 5.92 Å². The van der Waals surface area contributed by atoms with Gasteiger partial charge in [-0.05, 0) is 41.9 Å². The summed E-state index contributed by atoms with van der Waals surface area (Å²) < 4.78 is 0. The quantitative estimate of drug-likeness (QED) is 0.849. The minimum Gasteiger partial charge on any atom is -0.481 e. The second kappa shape index (κ2) is 7.30. The minimum atomic E-state index is -0.901. The van der Waals surface area contributed by atoms with Gasteiger partial charge in [0.2, 0.25) is 5.91 Å². The third kappa shape index (κ3) is 4.02. The van der Waals surface area contributed by atoms with Crippen LogP contribution in [0.3, 0.4) is 0 Å². The molecular weight excluding hydrogens is 302 g/mol. The van der Waals surface area contributed by atoms with Crippen LogP contribution in [0.15, 0.2) is 54.6 Å². The summed E-state index contributed by atoms with van der Waals surface area (Å²) in [4.78, 5) is 23.1. The van der Waals surface area contributed by atoms with Crippen LogP contribution in [0.25, 0.3) is 0 Å². The number of carbonyl (C=O) groups excluding carboxylic acids is 1. The van der Waals surface area contributed by atoms with Gasteiger partial charge in [-0.2, -0.15) is 0 Å². The Labute approximate surface area is 141 Å². The molecule has 4 heteroatoms. The Morgan fingerprint density at radius 1 is 1.00 bits per heavy atom. The standard InChI is InChI=1S/C20H21NO3/c22-19(21-18-9-5-4-8-16(18)13-20(23)24)12-14-10-17(11-14)15-6-2-1-3-7-15/h1-9,14,17H,10-13H2,(H,21,22)(H,23,24). The van der Waals surface area contributed by atoms with E-state index in [0.717, 1.165) is 12.8 Å². The Hall–Kier alpha value is -2.62. The fourth-order valence-corrected chi connectivity index (χ4v) is 3.32. The van der Waals surface area contributed by atoms with Crippen LogP contribution in [0.2, 0.25) is 0 Å². The van der Waals surface area contributed by atoms with E-state index in [-0.39, 0.29) is 12.3 Å². The summed E-state index contributed by atoms with van der Waals surface area (Å²) in [6.07, 6.45) is 2.48. The van der Waals surface area contributed by atoms with E-state index in [9.17, 15) is 9.59 Å². The molecule has 1 aliphatic carbocycles. The molecule has 3 rings (SSSR count). The van der Waals surface area contributed by atoms with Gasteiger partial charge in [0.05, 0.1) is 6.42 Å². The highest BCUT2D eigenvalue weighted by Gasteiger charge is 2.31. The van der Waals surface area contributed by atoms with E-state index in [0.29, 0.717) is 29.5 Å².